The summed E-state index contributed by atoms with van der Waals surface area (Å²) < 4.78 is 52.6. The van der Waals surface area contributed by atoms with E-state index in [9.17, 15) is 22.0 Å². The lowest BCUT2D eigenvalue weighted by atomic mass is 10.2. The number of pyridine rings is 3. The van der Waals surface area contributed by atoms with Crippen molar-refractivity contribution >= 4 is 15.9 Å². The number of amides is 2. The van der Waals surface area contributed by atoms with Gasteiger partial charge in [-0.2, -0.15) is 0 Å². The van der Waals surface area contributed by atoms with Crippen LogP contribution in [0.1, 0.15) is 29.3 Å². The summed E-state index contributed by atoms with van der Waals surface area (Å²) in [6.07, 6.45) is 6.49. The standard InChI is InChI=1S/C21H19F2N5O3S/c1-21(22,23)16-6-19(10-25-8-16)32(30,31)18-3-2-17(26-11-18)9-27-20(29)28-12-14-4-5-24-7-15(14)13-28/h2-8,10-11H,9,12-13H2,1H3,(H,27,29). The molecule has 11 heteroatoms. The fourth-order valence-electron chi connectivity index (χ4n) is 3.26. The second kappa shape index (κ2) is 8.23. The second-order valence-electron chi connectivity index (χ2n) is 7.45. The maximum atomic E-state index is 13.5. The molecule has 0 saturated heterocycles. The summed E-state index contributed by atoms with van der Waals surface area (Å²) in [5.41, 5.74) is 1.99. The number of carbonyl (C=O) groups is 1. The molecular formula is C21H19F2N5O3S. The molecule has 0 saturated carbocycles. The van der Waals surface area contributed by atoms with Crippen LogP contribution in [0.3, 0.4) is 0 Å². The number of nitrogens with zero attached hydrogens (tertiary/aromatic N) is 4. The van der Waals surface area contributed by atoms with Crippen molar-refractivity contribution in [2.24, 2.45) is 0 Å². The highest BCUT2D eigenvalue weighted by Gasteiger charge is 2.28. The van der Waals surface area contributed by atoms with E-state index in [-0.39, 0.29) is 22.4 Å². The topological polar surface area (TPSA) is 105 Å². The first-order chi connectivity index (χ1) is 15.1. The normalized spacial score (nSPS) is 13.7. The Morgan fingerprint density at radius 3 is 2.53 bits per heavy atom. The lowest BCUT2D eigenvalue weighted by Gasteiger charge is -2.16. The Bertz CT molecular complexity index is 1240. The molecule has 0 atom stereocenters. The largest absolute Gasteiger partial charge is 0.332 e. The first-order valence-electron chi connectivity index (χ1n) is 9.62. The molecule has 0 radical (unpaired) electrons. The fraction of sp³-hybridized carbons (Fsp3) is 0.238. The predicted molar refractivity (Wildman–Crippen MR) is 109 cm³/mol. The molecule has 3 aromatic heterocycles. The first kappa shape index (κ1) is 21.8. The number of hydrogen-bond donors (Lipinski definition) is 1. The van der Waals surface area contributed by atoms with Crippen molar-refractivity contribution in [3.05, 3.63) is 77.6 Å². The average molecular weight is 459 g/mol. The number of hydrogen-bond acceptors (Lipinski definition) is 6. The van der Waals surface area contributed by atoms with Gasteiger partial charge in [-0.15, -0.1) is 0 Å². The zero-order chi connectivity index (χ0) is 22.9. The molecule has 4 rings (SSSR count). The summed E-state index contributed by atoms with van der Waals surface area (Å²) >= 11 is 0. The van der Waals surface area contributed by atoms with Gasteiger partial charge in [0.1, 0.15) is 0 Å². The van der Waals surface area contributed by atoms with E-state index in [1.165, 1.54) is 12.1 Å². The molecule has 0 fully saturated rings. The molecule has 3 aromatic rings. The Kier molecular flexibility index (Phi) is 5.59. The van der Waals surface area contributed by atoms with Gasteiger partial charge in [0.05, 0.1) is 22.0 Å². The van der Waals surface area contributed by atoms with Crippen LogP contribution in [0, 0.1) is 0 Å². The van der Waals surface area contributed by atoms with E-state index in [0.717, 1.165) is 35.8 Å². The van der Waals surface area contributed by atoms with Gasteiger partial charge in [0.15, 0.2) is 0 Å². The lowest BCUT2D eigenvalue weighted by molar-refractivity contribution is 0.0169. The molecule has 0 unspecified atom stereocenters. The zero-order valence-electron chi connectivity index (χ0n) is 17.0. The maximum absolute atomic E-state index is 13.5. The van der Waals surface area contributed by atoms with E-state index in [1.54, 1.807) is 17.3 Å². The molecule has 0 spiro atoms. The molecule has 1 aliphatic rings. The van der Waals surface area contributed by atoms with Crippen molar-refractivity contribution in [1.29, 1.82) is 0 Å². The molecule has 166 valence electrons. The Morgan fingerprint density at radius 2 is 1.84 bits per heavy atom. The summed E-state index contributed by atoms with van der Waals surface area (Å²) in [7, 11) is -4.07. The van der Waals surface area contributed by atoms with Gasteiger partial charge in [0.2, 0.25) is 9.84 Å². The second-order valence-corrected chi connectivity index (χ2v) is 9.40. The molecule has 2 amide bonds. The quantitative estimate of drug-likeness (QED) is 0.629. The number of fused-ring (bicyclic) bond motifs is 1. The van der Waals surface area contributed by atoms with E-state index in [1.807, 2.05) is 6.07 Å². The smallest absolute Gasteiger partial charge is 0.318 e. The number of aromatic nitrogens is 3. The van der Waals surface area contributed by atoms with E-state index in [2.05, 4.69) is 20.3 Å². The van der Waals surface area contributed by atoms with Crippen molar-refractivity contribution in [2.45, 2.75) is 42.3 Å². The van der Waals surface area contributed by atoms with E-state index in [4.69, 9.17) is 0 Å². The summed E-state index contributed by atoms with van der Waals surface area (Å²) in [5, 5.41) is 2.75. The molecule has 8 nitrogen and oxygen atoms in total. The van der Waals surface area contributed by atoms with Gasteiger partial charge in [0.25, 0.3) is 5.92 Å². The first-order valence-corrected chi connectivity index (χ1v) is 11.1. The SMILES string of the molecule is CC(F)(F)c1cncc(S(=O)(=O)c2ccc(CNC(=O)N3Cc4ccncc4C3)nc2)c1. The van der Waals surface area contributed by atoms with Crippen LogP contribution in [-0.2, 0) is 35.4 Å². The molecular weight excluding hydrogens is 440 g/mol. The molecule has 4 heterocycles. The molecule has 1 N–H and O–H groups in total. The van der Waals surface area contributed by atoms with Crippen molar-refractivity contribution in [1.82, 2.24) is 25.2 Å². The van der Waals surface area contributed by atoms with Gasteiger partial charge < -0.3 is 10.2 Å². The zero-order valence-corrected chi connectivity index (χ0v) is 17.8. The van der Waals surface area contributed by atoms with Crippen molar-refractivity contribution in [2.75, 3.05) is 0 Å². The van der Waals surface area contributed by atoms with Crippen molar-refractivity contribution in [3.8, 4) is 0 Å². The van der Waals surface area contributed by atoms with E-state index in [0.29, 0.717) is 25.7 Å². The summed E-state index contributed by atoms with van der Waals surface area (Å²) in [6, 6.07) is 5.28. The third-order valence-electron chi connectivity index (χ3n) is 5.07. The van der Waals surface area contributed by atoms with E-state index < -0.39 is 21.3 Å². The minimum Gasteiger partial charge on any atom is -0.332 e. The van der Waals surface area contributed by atoms with Crippen LogP contribution in [0.25, 0.3) is 0 Å². The number of sulfone groups is 1. The summed E-state index contributed by atoms with van der Waals surface area (Å²) in [5.74, 6) is -3.22. The molecule has 1 aliphatic heterocycles. The summed E-state index contributed by atoms with van der Waals surface area (Å²) in [4.78, 5) is 25.3. The fourth-order valence-corrected chi connectivity index (χ4v) is 4.45. The minimum atomic E-state index is -4.07. The number of alkyl halides is 2. The van der Waals surface area contributed by atoms with Crippen LogP contribution in [0.4, 0.5) is 13.6 Å². The van der Waals surface area contributed by atoms with Gasteiger partial charge in [0, 0.05) is 56.6 Å². The Balaban J connectivity index is 1.42. The predicted octanol–water partition coefficient (Wildman–Crippen LogP) is 3.04. The molecule has 0 aromatic carbocycles. The van der Waals surface area contributed by atoms with Crippen LogP contribution >= 0.6 is 0 Å². The number of urea groups is 1. The highest BCUT2D eigenvalue weighted by Crippen LogP contribution is 2.29. The molecule has 32 heavy (non-hydrogen) atoms. The Hall–Kier alpha value is -3.47. The number of rotatable bonds is 5. The minimum absolute atomic E-state index is 0.101. The van der Waals surface area contributed by atoms with E-state index >= 15 is 0 Å². The Morgan fingerprint density at radius 1 is 1.06 bits per heavy atom. The average Bonchev–Trinajstić information content (AvgIpc) is 3.22. The van der Waals surface area contributed by atoms with Gasteiger partial charge >= 0.3 is 6.03 Å². The van der Waals surface area contributed by atoms with Crippen molar-refractivity contribution < 1.29 is 22.0 Å². The van der Waals surface area contributed by atoms with Crippen LogP contribution < -0.4 is 5.32 Å². The third kappa shape index (κ3) is 4.42. The van der Waals surface area contributed by atoms with Crippen molar-refractivity contribution in [3.63, 3.8) is 0 Å². The Labute approximate surface area is 183 Å². The maximum Gasteiger partial charge on any atom is 0.318 e. The number of halogens is 2. The monoisotopic (exact) mass is 459 g/mol. The van der Waals surface area contributed by atoms with Crippen LogP contribution in [0.2, 0.25) is 0 Å². The lowest BCUT2D eigenvalue weighted by Crippen LogP contribution is -2.36. The van der Waals surface area contributed by atoms with Gasteiger partial charge in [-0.1, -0.05) is 0 Å². The number of nitrogens with one attached hydrogen (secondary N) is 1. The molecule has 0 aliphatic carbocycles. The van der Waals surface area contributed by atoms with Crippen LogP contribution in [0.5, 0.6) is 0 Å². The van der Waals surface area contributed by atoms with Gasteiger partial charge in [-0.05, 0) is 35.4 Å². The summed E-state index contributed by atoms with van der Waals surface area (Å²) in [6.45, 7) is 1.72. The van der Waals surface area contributed by atoms with Crippen LogP contribution in [-0.4, -0.2) is 34.3 Å². The highest BCUT2D eigenvalue weighted by molar-refractivity contribution is 7.91. The van der Waals surface area contributed by atoms with Crippen LogP contribution in [0.15, 0.2) is 65.0 Å². The number of carbonyl (C=O) groups excluding carboxylic acids is 1. The highest BCUT2D eigenvalue weighted by atomic mass is 32.2. The van der Waals surface area contributed by atoms with Gasteiger partial charge in [-0.25, -0.2) is 22.0 Å². The molecule has 0 bridgehead atoms. The third-order valence-corrected chi connectivity index (χ3v) is 6.78. The van der Waals surface area contributed by atoms with Gasteiger partial charge in [-0.3, -0.25) is 15.0 Å².